The van der Waals surface area contributed by atoms with E-state index in [0.29, 0.717) is 16.9 Å². The highest BCUT2D eigenvalue weighted by molar-refractivity contribution is 6.05. The third kappa shape index (κ3) is 3.07. The highest BCUT2D eigenvalue weighted by Crippen LogP contribution is 2.23. The number of nitrogens with zero attached hydrogens (tertiary/aromatic N) is 1. The Morgan fingerprint density at radius 1 is 0.960 bits per heavy atom. The number of aromatic nitrogens is 2. The predicted octanol–water partition coefficient (Wildman–Crippen LogP) is 4.06. The number of fused-ring (bicyclic) bond motifs is 1. The van der Waals surface area contributed by atoms with Gasteiger partial charge in [0.05, 0.1) is 11.0 Å². The first-order chi connectivity index (χ1) is 12.2. The Bertz CT molecular complexity index is 1030. The lowest BCUT2D eigenvalue weighted by atomic mass is 10.1. The summed E-state index contributed by atoms with van der Waals surface area (Å²) in [6.07, 6.45) is 0. The maximum atomic E-state index is 12.4. The molecule has 0 radical (unpaired) electrons. The van der Waals surface area contributed by atoms with Gasteiger partial charge in [0, 0.05) is 22.5 Å². The van der Waals surface area contributed by atoms with Crippen LogP contribution in [0.2, 0.25) is 0 Å². The number of hydrogen-bond donors (Lipinski definition) is 3. The van der Waals surface area contributed by atoms with Gasteiger partial charge in [-0.1, -0.05) is 30.3 Å². The van der Waals surface area contributed by atoms with E-state index in [2.05, 4.69) is 15.3 Å². The minimum Gasteiger partial charge on any atom is -0.399 e. The van der Waals surface area contributed by atoms with Crippen molar-refractivity contribution in [3.8, 4) is 11.4 Å². The molecule has 25 heavy (non-hydrogen) atoms. The van der Waals surface area contributed by atoms with Gasteiger partial charge < -0.3 is 16.0 Å². The van der Waals surface area contributed by atoms with Gasteiger partial charge in [-0.15, -0.1) is 0 Å². The zero-order valence-electron chi connectivity index (χ0n) is 13.4. The van der Waals surface area contributed by atoms with Gasteiger partial charge in [-0.05, 0) is 42.5 Å². The van der Waals surface area contributed by atoms with Gasteiger partial charge in [0.1, 0.15) is 5.82 Å². The summed E-state index contributed by atoms with van der Waals surface area (Å²) in [5, 5.41) is 2.89. The van der Waals surface area contributed by atoms with Crippen molar-refractivity contribution >= 4 is 28.3 Å². The fourth-order valence-electron chi connectivity index (χ4n) is 2.72. The summed E-state index contributed by atoms with van der Waals surface area (Å²) >= 11 is 0. The zero-order chi connectivity index (χ0) is 17.2. The number of nitrogens with one attached hydrogen (secondary N) is 2. The molecule has 5 nitrogen and oxygen atoms in total. The molecule has 0 aliphatic carbocycles. The van der Waals surface area contributed by atoms with E-state index in [0.717, 1.165) is 22.4 Å². The van der Waals surface area contributed by atoms with Crippen molar-refractivity contribution in [2.45, 2.75) is 0 Å². The highest BCUT2D eigenvalue weighted by atomic mass is 16.1. The molecule has 0 aliphatic heterocycles. The molecule has 1 amide bonds. The fourth-order valence-corrected chi connectivity index (χ4v) is 2.72. The smallest absolute Gasteiger partial charge is 0.255 e. The number of carbonyl (C=O) groups is 1. The van der Waals surface area contributed by atoms with E-state index in [9.17, 15) is 4.79 Å². The number of rotatable bonds is 3. The second kappa shape index (κ2) is 6.13. The summed E-state index contributed by atoms with van der Waals surface area (Å²) in [4.78, 5) is 20.2. The van der Waals surface area contributed by atoms with E-state index in [-0.39, 0.29) is 5.91 Å². The molecule has 0 spiro atoms. The lowest BCUT2D eigenvalue weighted by Crippen LogP contribution is -2.12. The fraction of sp³-hybridized carbons (Fsp3) is 0. The van der Waals surface area contributed by atoms with E-state index >= 15 is 0 Å². The monoisotopic (exact) mass is 328 g/mol. The van der Waals surface area contributed by atoms with Gasteiger partial charge >= 0.3 is 0 Å². The number of H-pyrrole nitrogens is 1. The largest absolute Gasteiger partial charge is 0.399 e. The molecule has 1 heterocycles. The number of aromatic amines is 1. The lowest BCUT2D eigenvalue weighted by molar-refractivity contribution is 0.102. The average Bonchev–Trinajstić information content (AvgIpc) is 3.06. The van der Waals surface area contributed by atoms with Gasteiger partial charge in [-0.3, -0.25) is 4.79 Å². The molecular weight excluding hydrogens is 312 g/mol. The first-order valence-electron chi connectivity index (χ1n) is 7.91. The molecule has 4 aromatic rings. The van der Waals surface area contributed by atoms with Crippen LogP contribution in [-0.2, 0) is 0 Å². The number of carbonyl (C=O) groups excluding carboxylic acids is 1. The summed E-state index contributed by atoms with van der Waals surface area (Å²) in [6, 6.07) is 22.3. The molecule has 4 rings (SSSR count). The van der Waals surface area contributed by atoms with Crippen LogP contribution in [-0.4, -0.2) is 15.9 Å². The molecule has 0 saturated heterocycles. The molecule has 0 saturated carbocycles. The molecule has 0 fully saturated rings. The van der Waals surface area contributed by atoms with Crippen LogP contribution in [0.3, 0.4) is 0 Å². The molecule has 1 aromatic heterocycles. The number of para-hydroxylation sites is 2. The molecule has 122 valence electrons. The Kier molecular flexibility index (Phi) is 3.67. The van der Waals surface area contributed by atoms with Gasteiger partial charge in [0.15, 0.2) is 0 Å². The summed E-state index contributed by atoms with van der Waals surface area (Å²) in [5.74, 6) is 0.565. The summed E-state index contributed by atoms with van der Waals surface area (Å²) in [5.41, 5.74) is 10.3. The standard InChI is InChI=1S/C20H16N4O/c21-15-7-3-6-14(11-15)20(25)22-16-8-4-5-13(12-16)19-23-17-9-1-2-10-18(17)24-19/h1-12H,21H2,(H,22,25)(H,23,24). The van der Waals surface area contributed by atoms with E-state index in [1.165, 1.54) is 0 Å². The van der Waals surface area contributed by atoms with Crippen molar-refractivity contribution in [1.29, 1.82) is 0 Å². The van der Waals surface area contributed by atoms with Gasteiger partial charge in [-0.2, -0.15) is 0 Å². The molecule has 0 bridgehead atoms. The third-order valence-corrected chi connectivity index (χ3v) is 3.93. The van der Waals surface area contributed by atoms with E-state index in [1.54, 1.807) is 24.3 Å². The van der Waals surface area contributed by atoms with Gasteiger partial charge in [0.25, 0.3) is 5.91 Å². The summed E-state index contributed by atoms with van der Waals surface area (Å²) in [7, 11) is 0. The van der Waals surface area contributed by atoms with Crippen molar-refractivity contribution in [3.63, 3.8) is 0 Å². The molecule has 3 aromatic carbocycles. The van der Waals surface area contributed by atoms with Crippen LogP contribution in [0.25, 0.3) is 22.4 Å². The van der Waals surface area contributed by atoms with Crippen molar-refractivity contribution in [3.05, 3.63) is 78.4 Å². The number of anilines is 2. The van der Waals surface area contributed by atoms with E-state index in [4.69, 9.17) is 5.73 Å². The number of nitrogens with two attached hydrogens (primary N) is 1. The Balaban J connectivity index is 1.62. The maximum Gasteiger partial charge on any atom is 0.255 e. The molecule has 0 unspecified atom stereocenters. The van der Waals surface area contributed by atoms with Crippen LogP contribution in [0.4, 0.5) is 11.4 Å². The number of amides is 1. The van der Waals surface area contributed by atoms with Crippen LogP contribution in [0, 0.1) is 0 Å². The minimum atomic E-state index is -0.200. The first kappa shape index (κ1) is 15.0. The SMILES string of the molecule is Nc1cccc(C(=O)Nc2cccc(-c3nc4ccccc4[nH]3)c2)c1. The summed E-state index contributed by atoms with van der Waals surface area (Å²) < 4.78 is 0. The second-order valence-electron chi connectivity index (χ2n) is 5.76. The molecule has 0 atom stereocenters. The van der Waals surface area contributed by atoms with Crippen LogP contribution >= 0.6 is 0 Å². The Morgan fingerprint density at radius 3 is 2.64 bits per heavy atom. The molecule has 4 N–H and O–H groups in total. The Labute approximate surface area is 144 Å². The number of benzene rings is 3. The van der Waals surface area contributed by atoms with E-state index < -0.39 is 0 Å². The van der Waals surface area contributed by atoms with Crippen molar-refractivity contribution in [2.75, 3.05) is 11.1 Å². The number of nitrogen functional groups attached to an aromatic ring is 1. The van der Waals surface area contributed by atoms with E-state index in [1.807, 2.05) is 48.5 Å². The topological polar surface area (TPSA) is 83.8 Å². The summed E-state index contributed by atoms with van der Waals surface area (Å²) in [6.45, 7) is 0. The third-order valence-electron chi connectivity index (χ3n) is 3.93. The van der Waals surface area contributed by atoms with Crippen LogP contribution in [0.1, 0.15) is 10.4 Å². The molecule has 5 heteroatoms. The molecule has 0 aliphatic rings. The van der Waals surface area contributed by atoms with Crippen molar-refractivity contribution in [1.82, 2.24) is 9.97 Å². The highest BCUT2D eigenvalue weighted by Gasteiger charge is 2.09. The second-order valence-corrected chi connectivity index (χ2v) is 5.76. The lowest BCUT2D eigenvalue weighted by Gasteiger charge is -2.07. The number of hydrogen-bond acceptors (Lipinski definition) is 3. The van der Waals surface area contributed by atoms with Crippen molar-refractivity contribution in [2.24, 2.45) is 0 Å². The Hall–Kier alpha value is -3.60. The zero-order valence-corrected chi connectivity index (χ0v) is 13.4. The predicted molar refractivity (Wildman–Crippen MR) is 100 cm³/mol. The quantitative estimate of drug-likeness (QED) is 0.496. The Morgan fingerprint density at radius 2 is 1.80 bits per heavy atom. The maximum absolute atomic E-state index is 12.4. The first-order valence-corrected chi connectivity index (χ1v) is 7.91. The average molecular weight is 328 g/mol. The van der Waals surface area contributed by atoms with Crippen LogP contribution in [0.5, 0.6) is 0 Å². The minimum absolute atomic E-state index is 0.200. The van der Waals surface area contributed by atoms with Crippen LogP contribution < -0.4 is 11.1 Å². The van der Waals surface area contributed by atoms with Crippen LogP contribution in [0.15, 0.2) is 72.8 Å². The number of imidazole rings is 1. The normalized spacial score (nSPS) is 10.7. The molecular formula is C20H16N4O. The van der Waals surface area contributed by atoms with Gasteiger partial charge in [0.2, 0.25) is 0 Å². The van der Waals surface area contributed by atoms with Gasteiger partial charge in [-0.25, -0.2) is 4.98 Å². The van der Waals surface area contributed by atoms with Crippen molar-refractivity contribution < 1.29 is 4.79 Å².